The first-order chi connectivity index (χ1) is 11.5. The summed E-state index contributed by atoms with van der Waals surface area (Å²) in [5, 5.41) is 5.68. The summed E-state index contributed by atoms with van der Waals surface area (Å²) in [4.78, 5) is 6.45. The van der Waals surface area contributed by atoms with Crippen LogP contribution in [0.5, 0.6) is 0 Å². The highest BCUT2D eigenvalue weighted by molar-refractivity contribution is 6.42. The third-order valence-electron chi connectivity index (χ3n) is 3.42. The van der Waals surface area contributed by atoms with Crippen LogP contribution in [0.15, 0.2) is 47.0 Å². The number of rotatable bonds is 5. The van der Waals surface area contributed by atoms with Crippen LogP contribution in [0.2, 0.25) is 15.1 Å². The van der Waals surface area contributed by atoms with Crippen LogP contribution in [-0.4, -0.2) is 22.1 Å². The van der Waals surface area contributed by atoms with Crippen molar-refractivity contribution >= 4 is 34.8 Å². The predicted octanol–water partition coefficient (Wildman–Crippen LogP) is 5.33. The van der Waals surface area contributed by atoms with Gasteiger partial charge in [-0.3, -0.25) is 4.90 Å². The summed E-state index contributed by atoms with van der Waals surface area (Å²) in [7, 11) is 1.96. The first kappa shape index (κ1) is 17.2. The average molecular weight is 383 g/mol. The van der Waals surface area contributed by atoms with Gasteiger partial charge in [0, 0.05) is 12.1 Å². The van der Waals surface area contributed by atoms with E-state index >= 15 is 0 Å². The van der Waals surface area contributed by atoms with Crippen molar-refractivity contribution in [2.24, 2.45) is 0 Å². The Morgan fingerprint density at radius 1 is 0.958 bits per heavy atom. The minimum atomic E-state index is 0.485. The van der Waals surface area contributed by atoms with E-state index in [0.29, 0.717) is 39.9 Å². The maximum atomic E-state index is 6.15. The van der Waals surface area contributed by atoms with E-state index in [1.54, 1.807) is 12.1 Å². The fraction of sp³-hybridized carbons (Fsp3) is 0.176. The molecule has 24 heavy (non-hydrogen) atoms. The average Bonchev–Trinajstić information content (AvgIpc) is 2.99. The molecule has 0 N–H and O–H groups in total. The van der Waals surface area contributed by atoms with Crippen LogP contribution in [0, 0.1) is 0 Å². The summed E-state index contributed by atoms with van der Waals surface area (Å²) in [6.45, 7) is 1.19. The van der Waals surface area contributed by atoms with Crippen LogP contribution >= 0.6 is 34.8 Å². The maximum Gasteiger partial charge on any atom is 0.241 e. The van der Waals surface area contributed by atoms with Crippen molar-refractivity contribution in [3.8, 4) is 11.4 Å². The maximum absolute atomic E-state index is 6.15. The molecule has 0 spiro atoms. The van der Waals surface area contributed by atoms with Crippen LogP contribution in [0.1, 0.15) is 11.5 Å². The lowest BCUT2D eigenvalue weighted by atomic mass is 10.2. The van der Waals surface area contributed by atoms with E-state index < -0.39 is 0 Å². The molecule has 0 aliphatic carbocycles. The molecule has 0 atom stereocenters. The second-order valence-electron chi connectivity index (χ2n) is 5.41. The molecule has 0 saturated heterocycles. The normalized spacial score (nSPS) is 11.2. The Hall–Kier alpha value is -1.59. The van der Waals surface area contributed by atoms with Gasteiger partial charge in [-0.1, -0.05) is 58.2 Å². The molecule has 3 rings (SSSR count). The van der Waals surface area contributed by atoms with Crippen molar-refractivity contribution in [1.82, 2.24) is 15.0 Å². The van der Waals surface area contributed by atoms with E-state index in [1.165, 1.54) is 0 Å². The van der Waals surface area contributed by atoms with Gasteiger partial charge in [0.05, 0.1) is 21.6 Å². The SMILES string of the molecule is CN(Cc1ccc(Cl)c(Cl)c1)Cc1nc(-c2ccccc2Cl)no1. The van der Waals surface area contributed by atoms with Gasteiger partial charge < -0.3 is 4.52 Å². The zero-order chi connectivity index (χ0) is 17.1. The van der Waals surface area contributed by atoms with Crippen LogP contribution < -0.4 is 0 Å². The Kier molecular flexibility index (Phi) is 5.41. The van der Waals surface area contributed by atoms with Crippen molar-refractivity contribution in [2.75, 3.05) is 7.05 Å². The molecule has 124 valence electrons. The highest BCUT2D eigenvalue weighted by atomic mass is 35.5. The second-order valence-corrected chi connectivity index (χ2v) is 6.63. The lowest BCUT2D eigenvalue weighted by Gasteiger charge is -2.14. The monoisotopic (exact) mass is 381 g/mol. The molecule has 4 nitrogen and oxygen atoms in total. The van der Waals surface area contributed by atoms with Crippen molar-refractivity contribution < 1.29 is 4.52 Å². The van der Waals surface area contributed by atoms with E-state index in [-0.39, 0.29) is 0 Å². The summed E-state index contributed by atoms with van der Waals surface area (Å²) in [5.41, 5.74) is 1.80. The molecular weight excluding hydrogens is 369 g/mol. The van der Waals surface area contributed by atoms with E-state index in [1.807, 2.05) is 42.3 Å². The van der Waals surface area contributed by atoms with E-state index in [2.05, 4.69) is 10.1 Å². The fourth-order valence-electron chi connectivity index (χ4n) is 2.31. The van der Waals surface area contributed by atoms with E-state index in [4.69, 9.17) is 39.3 Å². The number of hydrogen-bond acceptors (Lipinski definition) is 4. The number of hydrogen-bond donors (Lipinski definition) is 0. The third kappa shape index (κ3) is 4.08. The third-order valence-corrected chi connectivity index (χ3v) is 4.49. The second kappa shape index (κ2) is 7.53. The highest BCUT2D eigenvalue weighted by Gasteiger charge is 2.13. The van der Waals surface area contributed by atoms with Crippen LogP contribution in [0.25, 0.3) is 11.4 Å². The van der Waals surface area contributed by atoms with Gasteiger partial charge in [-0.25, -0.2) is 0 Å². The standard InChI is InChI=1S/C17H14Cl3N3O/c1-23(9-11-6-7-14(19)15(20)8-11)10-16-21-17(22-24-16)12-4-2-3-5-13(12)18/h2-8H,9-10H2,1H3. The van der Waals surface area contributed by atoms with Crippen LogP contribution in [-0.2, 0) is 13.1 Å². The molecule has 0 fully saturated rings. The number of nitrogens with zero attached hydrogens (tertiary/aromatic N) is 3. The Balaban J connectivity index is 1.68. The Bertz CT molecular complexity index is 851. The minimum Gasteiger partial charge on any atom is -0.338 e. The van der Waals surface area contributed by atoms with Crippen molar-refractivity contribution in [3.05, 3.63) is 69.0 Å². The van der Waals surface area contributed by atoms with Crippen molar-refractivity contribution in [3.63, 3.8) is 0 Å². The summed E-state index contributed by atoms with van der Waals surface area (Å²) in [6.07, 6.45) is 0. The lowest BCUT2D eigenvalue weighted by molar-refractivity contribution is 0.261. The molecule has 0 amide bonds. The smallest absolute Gasteiger partial charge is 0.241 e. The molecule has 7 heteroatoms. The molecule has 2 aromatic carbocycles. The van der Waals surface area contributed by atoms with Gasteiger partial charge in [-0.05, 0) is 36.9 Å². The molecule has 0 aliphatic heterocycles. The molecule has 3 aromatic rings. The first-order valence-corrected chi connectivity index (χ1v) is 8.36. The zero-order valence-corrected chi connectivity index (χ0v) is 15.1. The largest absolute Gasteiger partial charge is 0.338 e. The Labute approximate surface area is 154 Å². The van der Waals surface area contributed by atoms with Gasteiger partial charge >= 0.3 is 0 Å². The van der Waals surface area contributed by atoms with Crippen LogP contribution in [0.3, 0.4) is 0 Å². The fourth-order valence-corrected chi connectivity index (χ4v) is 2.85. The van der Waals surface area contributed by atoms with Gasteiger partial charge in [0.2, 0.25) is 11.7 Å². The van der Waals surface area contributed by atoms with Crippen molar-refractivity contribution in [1.29, 1.82) is 0 Å². The summed E-state index contributed by atoms with van der Waals surface area (Å²) < 4.78 is 5.32. The van der Waals surface area contributed by atoms with Gasteiger partial charge in [0.1, 0.15) is 0 Å². The molecular formula is C17H14Cl3N3O. The number of benzene rings is 2. The highest BCUT2D eigenvalue weighted by Crippen LogP contribution is 2.25. The minimum absolute atomic E-state index is 0.485. The summed E-state index contributed by atoms with van der Waals surface area (Å²) in [5.74, 6) is 1.01. The van der Waals surface area contributed by atoms with Gasteiger partial charge in [0.15, 0.2) is 0 Å². The molecule has 0 aliphatic rings. The van der Waals surface area contributed by atoms with E-state index in [0.717, 1.165) is 11.1 Å². The van der Waals surface area contributed by atoms with Crippen LogP contribution in [0.4, 0.5) is 0 Å². The molecule has 0 saturated carbocycles. The predicted molar refractivity (Wildman–Crippen MR) is 96.4 cm³/mol. The molecule has 0 bridgehead atoms. The zero-order valence-electron chi connectivity index (χ0n) is 12.8. The summed E-state index contributed by atoms with van der Waals surface area (Å²) >= 11 is 18.1. The summed E-state index contributed by atoms with van der Waals surface area (Å²) in [6, 6.07) is 13.0. The molecule has 1 aromatic heterocycles. The molecule has 1 heterocycles. The number of aromatic nitrogens is 2. The van der Waals surface area contributed by atoms with Crippen molar-refractivity contribution in [2.45, 2.75) is 13.1 Å². The van der Waals surface area contributed by atoms with Gasteiger partial charge in [-0.15, -0.1) is 0 Å². The van der Waals surface area contributed by atoms with Gasteiger partial charge in [-0.2, -0.15) is 4.98 Å². The number of halogens is 3. The molecule has 0 unspecified atom stereocenters. The molecule has 0 radical (unpaired) electrons. The topological polar surface area (TPSA) is 42.2 Å². The van der Waals surface area contributed by atoms with E-state index in [9.17, 15) is 0 Å². The first-order valence-electron chi connectivity index (χ1n) is 7.23. The quantitative estimate of drug-likeness (QED) is 0.598. The Morgan fingerprint density at radius 2 is 1.75 bits per heavy atom. The lowest BCUT2D eigenvalue weighted by Crippen LogP contribution is -2.17. The van der Waals surface area contributed by atoms with Gasteiger partial charge in [0.25, 0.3) is 0 Å². The Morgan fingerprint density at radius 3 is 2.50 bits per heavy atom.